The van der Waals surface area contributed by atoms with Crippen molar-refractivity contribution in [2.75, 3.05) is 10.6 Å². The molecule has 2 rings (SSSR count). The molecular formula is C19H22N2O3. The Hall–Kier alpha value is -2.82. The first-order chi connectivity index (χ1) is 11.3. The van der Waals surface area contributed by atoms with Crippen molar-refractivity contribution in [3.8, 4) is 5.75 Å². The Morgan fingerprint density at radius 3 is 2.29 bits per heavy atom. The van der Waals surface area contributed by atoms with Gasteiger partial charge in [0.15, 0.2) is 0 Å². The van der Waals surface area contributed by atoms with E-state index in [1.165, 1.54) is 6.07 Å². The van der Waals surface area contributed by atoms with Crippen molar-refractivity contribution in [3.05, 3.63) is 53.6 Å². The lowest BCUT2D eigenvalue weighted by Gasteiger charge is -2.10. The van der Waals surface area contributed by atoms with E-state index in [1.807, 2.05) is 20.8 Å². The van der Waals surface area contributed by atoms with Crippen LogP contribution in [0.1, 0.15) is 36.2 Å². The van der Waals surface area contributed by atoms with E-state index in [4.69, 9.17) is 0 Å². The SMILES string of the molecule is Cc1cc(O)ccc1NC(=O)c1ccc(NC(=O)CC(C)C)cc1. The van der Waals surface area contributed by atoms with Crippen molar-refractivity contribution >= 4 is 23.2 Å². The highest BCUT2D eigenvalue weighted by atomic mass is 16.3. The van der Waals surface area contributed by atoms with Crippen LogP contribution in [0.3, 0.4) is 0 Å². The van der Waals surface area contributed by atoms with E-state index in [2.05, 4.69) is 10.6 Å². The summed E-state index contributed by atoms with van der Waals surface area (Å²) in [5.41, 5.74) is 2.58. The molecule has 0 saturated heterocycles. The van der Waals surface area contributed by atoms with Gasteiger partial charge in [0, 0.05) is 23.4 Å². The third kappa shape index (κ3) is 4.84. The highest BCUT2D eigenvalue weighted by Gasteiger charge is 2.09. The highest BCUT2D eigenvalue weighted by Crippen LogP contribution is 2.21. The summed E-state index contributed by atoms with van der Waals surface area (Å²) in [6, 6.07) is 11.5. The third-order valence-corrected chi connectivity index (χ3v) is 3.48. The van der Waals surface area contributed by atoms with Gasteiger partial charge in [0.2, 0.25) is 5.91 Å². The number of benzene rings is 2. The van der Waals surface area contributed by atoms with Gasteiger partial charge in [-0.2, -0.15) is 0 Å². The number of aryl methyl sites for hydroxylation is 1. The van der Waals surface area contributed by atoms with E-state index in [-0.39, 0.29) is 17.6 Å². The van der Waals surface area contributed by atoms with E-state index < -0.39 is 0 Å². The van der Waals surface area contributed by atoms with Crippen molar-refractivity contribution in [1.29, 1.82) is 0 Å². The van der Waals surface area contributed by atoms with Crippen LogP contribution < -0.4 is 10.6 Å². The van der Waals surface area contributed by atoms with Gasteiger partial charge < -0.3 is 15.7 Å². The zero-order valence-corrected chi connectivity index (χ0v) is 14.1. The van der Waals surface area contributed by atoms with Crippen molar-refractivity contribution in [3.63, 3.8) is 0 Å². The average molecular weight is 326 g/mol. The van der Waals surface area contributed by atoms with Gasteiger partial charge >= 0.3 is 0 Å². The molecule has 0 fully saturated rings. The largest absolute Gasteiger partial charge is 0.508 e. The van der Waals surface area contributed by atoms with Crippen molar-refractivity contribution < 1.29 is 14.7 Å². The minimum atomic E-state index is -0.246. The molecule has 0 atom stereocenters. The number of anilines is 2. The number of phenols is 1. The number of nitrogens with one attached hydrogen (secondary N) is 2. The second-order valence-electron chi connectivity index (χ2n) is 6.18. The molecule has 0 heterocycles. The molecule has 5 heteroatoms. The standard InChI is InChI=1S/C19H22N2O3/c1-12(2)10-18(23)20-15-6-4-14(5-7-15)19(24)21-17-9-8-16(22)11-13(17)3/h4-9,11-12,22H,10H2,1-3H3,(H,20,23)(H,21,24). The maximum Gasteiger partial charge on any atom is 0.255 e. The summed E-state index contributed by atoms with van der Waals surface area (Å²) < 4.78 is 0. The number of hydrogen-bond acceptors (Lipinski definition) is 3. The summed E-state index contributed by atoms with van der Waals surface area (Å²) in [6.45, 7) is 5.78. The molecule has 0 aliphatic carbocycles. The Morgan fingerprint density at radius 1 is 1.04 bits per heavy atom. The van der Waals surface area contributed by atoms with Crippen molar-refractivity contribution in [2.45, 2.75) is 27.2 Å². The second kappa shape index (κ2) is 7.64. The fourth-order valence-electron chi connectivity index (χ4n) is 2.27. The number of rotatable bonds is 5. The van der Waals surface area contributed by atoms with Gasteiger partial charge in [0.1, 0.15) is 5.75 Å². The lowest BCUT2D eigenvalue weighted by molar-refractivity contribution is -0.116. The molecule has 0 bridgehead atoms. The normalized spacial score (nSPS) is 10.5. The van der Waals surface area contributed by atoms with Crippen molar-refractivity contribution in [2.24, 2.45) is 5.92 Å². The molecule has 0 aliphatic rings. The molecule has 126 valence electrons. The van der Waals surface area contributed by atoms with E-state index in [0.717, 1.165) is 5.56 Å². The van der Waals surface area contributed by atoms with Crippen LogP contribution in [-0.2, 0) is 4.79 Å². The van der Waals surface area contributed by atoms with Crippen LogP contribution in [-0.4, -0.2) is 16.9 Å². The number of hydrogen-bond donors (Lipinski definition) is 3. The summed E-state index contributed by atoms with van der Waals surface area (Å²) in [6.07, 6.45) is 0.461. The predicted molar refractivity (Wildman–Crippen MR) is 95.3 cm³/mol. The Kier molecular flexibility index (Phi) is 5.58. The Labute approximate surface area is 141 Å². The molecule has 0 unspecified atom stereocenters. The van der Waals surface area contributed by atoms with Crippen LogP contribution in [0.2, 0.25) is 0 Å². The molecule has 0 aliphatic heterocycles. The second-order valence-corrected chi connectivity index (χ2v) is 6.18. The van der Waals surface area contributed by atoms with Gasteiger partial charge in [0.25, 0.3) is 5.91 Å². The molecule has 0 aromatic heterocycles. The van der Waals surface area contributed by atoms with Gasteiger partial charge in [-0.25, -0.2) is 0 Å². The van der Waals surface area contributed by atoms with Gasteiger partial charge in [-0.3, -0.25) is 9.59 Å². The predicted octanol–water partition coefficient (Wildman–Crippen LogP) is 3.94. The summed E-state index contributed by atoms with van der Waals surface area (Å²) in [7, 11) is 0. The molecule has 0 spiro atoms. The lowest BCUT2D eigenvalue weighted by atomic mass is 10.1. The van der Waals surface area contributed by atoms with E-state index in [1.54, 1.807) is 36.4 Å². The Bertz CT molecular complexity index is 737. The smallest absolute Gasteiger partial charge is 0.255 e. The molecule has 0 saturated carbocycles. The zero-order valence-electron chi connectivity index (χ0n) is 14.1. The molecular weight excluding hydrogens is 304 g/mol. The first-order valence-electron chi connectivity index (χ1n) is 7.86. The van der Waals surface area contributed by atoms with E-state index >= 15 is 0 Å². The van der Waals surface area contributed by atoms with Crippen LogP contribution in [0.5, 0.6) is 5.75 Å². The van der Waals surface area contributed by atoms with Crippen LogP contribution in [0.25, 0.3) is 0 Å². The minimum absolute atomic E-state index is 0.0399. The first kappa shape index (κ1) is 17.5. The molecule has 2 amide bonds. The van der Waals surface area contributed by atoms with Crippen LogP contribution in [0.4, 0.5) is 11.4 Å². The number of carbonyl (C=O) groups is 2. The summed E-state index contributed by atoms with van der Waals surface area (Å²) >= 11 is 0. The Morgan fingerprint density at radius 2 is 1.71 bits per heavy atom. The first-order valence-corrected chi connectivity index (χ1v) is 7.86. The van der Waals surface area contributed by atoms with Gasteiger partial charge in [-0.1, -0.05) is 13.8 Å². The molecule has 0 radical (unpaired) electrons. The quantitative estimate of drug-likeness (QED) is 0.728. The van der Waals surface area contributed by atoms with Gasteiger partial charge in [-0.05, 0) is 60.9 Å². The Balaban J connectivity index is 2.02. The maximum atomic E-state index is 12.3. The van der Waals surface area contributed by atoms with Crippen LogP contribution >= 0.6 is 0 Å². The van der Waals surface area contributed by atoms with E-state index in [9.17, 15) is 14.7 Å². The molecule has 2 aromatic carbocycles. The highest BCUT2D eigenvalue weighted by molar-refractivity contribution is 6.05. The molecule has 24 heavy (non-hydrogen) atoms. The minimum Gasteiger partial charge on any atom is -0.508 e. The molecule has 2 aromatic rings. The molecule has 5 nitrogen and oxygen atoms in total. The number of amides is 2. The summed E-state index contributed by atoms with van der Waals surface area (Å²) in [4.78, 5) is 24.0. The van der Waals surface area contributed by atoms with E-state index in [0.29, 0.717) is 29.3 Å². The third-order valence-electron chi connectivity index (χ3n) is 3.48. The monoisotopic (exact) mass is 326 g/mol. The van der Waals surface area contributed by atoms with Crippen LogP contribution in [0, 0.1) is 12.8 Å². The summed E-state index contributed by atoms with van der Waals surface area (Å²) in [5.74, 6) is 0.168. The van der Waals surface area contributed by atoms with Crippen molar-refractivity contribution in [1.82, 2.24) is 0 Å². The fourth-order valence-corrected chi connectivity index (χ4v) is 2.27. The maximum absolute atomic E-state index is 12.3. The van der Waals surface area contributed by atoms with Crippen LogP contribution in [0.15, 0.2) is 42.5 Å². The van der Waals surface area contributed by atoms with Gasteiger partial charge in [0.05, 0.1) is 0 Å². The lowest BCUT2D eigenvalue weighted by Crippen LogP contribution is -2.15. The number of carbonyl (C=O) groups excluding carboxylic acids is 2. The summed E-state index contributed by atoms with van der Waals surface area (Å²) in [5, 5.41) is 15.0. The number of phenolic OH excluding ortho intramolecular Hbond substituents is 1. The average Bonchev–Trinajstić information content (AvgIpc) is 2.50. The number of aromatic hydroxyl groups is 1. The zero-order chi connectivity index (χ0) is 17.7. The topological polar surface area (TPSA) is 78.4 Å². The fraction of sp³-hybridized carbons (Fsp3) is 0.263. The van der Waals surface area contributed by atoms with Gasteiger partial charge in [-0.15, -0.1) is 0 Å². The molecule has 3 N–H and O–H groups in total.